The Morgan fingerprint density at radius 1 is 0.967 bits per heavy atom. The molecule has 1 aliphatic carbocycles. The lowest BCUT2D eigenvalue weighted by Gasteiger charge is -2.33. The Bertz CT molecular complexity index is 926. The van der Waals surface area contributed by atoms with Gasteiger partial charge < -0.3 is 15.0 Å². The molecule has 1 heterocycles. The minimum absolute atomic E-state index is 0.0890. The Labute approximate surface area is 176 Å². The van der Waals surface area contributed by atoms with Gasteiger partial charge in [-0.15, -0.1) is 0 Å². The maximum Gasteiger partial charge on any atom is 0.334 e. The molecule has 2 aliphatic rings. The normalized spacial score (nSPS) is 22.8. The Hall–Kier alpha value is -3.15. The summed E-state index contributed by atoms with van der Waals surface area (Å²) in [6.07, 6.45) is 4.83. The molecular weight excluding hydrogens is 380 g/mol. The van der Waals surface area contributed by atoms with Crippen molar-refractivity contribution in [1.29, 1.82) is 0 Å². The van der Waals surface area contributed by atoms with E-state index in [-0.39, 0.29) is 17.9 Å². The topological polar surface area (TPSA) is 75.7 Å². The molecule has 6 heteroatoms. The molecule has 156 valence electrons. The first kappa shape index (κ1) is 20.1. The van der Waals surface area contributed by atoms with E-state index < -0.39 is 12.0 Å². The summed E-state index contributed by atoms with van der Waals surface area (Å²) >= 11 is 0. The summed E-state index contributed by atoms with van der Waals surface area (Å²) < 4.78 is 5.64. The van der Waals surface area contributed by atoms with Gasteiger partial charge in [0.15, 0.2) is 0 Å². The highest BCUT2D eigenvalue weighted by Gasteiger charge is 2.48. The van der Waals surface area contributed by atoms with Crippen LogP contribution < -0.4 is 10.1 Å². The van der Waals surface area contributed by atoms with Crippen LogP contribution >= 0.6 is 0 Å². The molecule has 2 fully saturated rings. The standard InChI is InChI=1S/C24H26N2O4/c1-16(27)25-19-11-13-20(14-12-19)30-24(29)22-15-18-9-5-6-10-21(18)26(22)23(28)17-7-3-2-4-8-17/h2-4,7-8,11-14,18,21-22H,5-6,9-10,15H2,1H3,(H,25,27). The predicted octanol–water partition coefficient (Wildman–Crippen LogP) is 4.02. The number of likely N-dealkylation sites (tertiary alicyclic amines) is 1. The highest BCUT2D eigenvalue weighted by molar-refractivity contribution is 5.97. The zero-order valence-corrected chi connectivity index (χ0v) is 17.0. The van der Waals surface area contributed by atoms with Gasteiger partial charge in [0, 0.05) is 24.2 Å². The fraction of sp³-hybridized carbons (Fsp3) is 0.375. The maximum atomic E-state index is 13.3. The van der Waals surface area contributed by atoms with E-state index in [4.69, 9.17) is 4.74 Å². The number of rotatable bonds is 4. The second-order valence-electron chi connectivity index (χ2n) is 8.07. The van der Waals surface area contributed by atoms with E-state index in [2.05, 4.69) is 5.32 Å². The predicted molar refractivity (Wildman–Crippen MR) is 113 cm³/mol. The number of amides is 2. The first-order valence-electron chi connectivity index (χ1n) is 10.5. The van der Waals surface area contributed by atoms with Gasteiger partial charge >= 0.3 is 5.97 Å². The molecule has 1 saturated heterocycles. The fourth-order valence-corrected chi connectivity index (χ4v) is 4.69. The lowest BCUT2D eigenvalue weighted by atomic mass is 9.84. The van der Waals surface area contributed by atoms with Crippen LogP contribution in [0.4, 0.5) is 5.69 Å². The lowest BCUT2D eigenvalue weighted by molar-refractivity contribution is -0.139. The lowest BCUT2D eigenvalue weighted by Crippen LogP contribution is -2.47. The molecule has 6 nitrogen and oxygen atoms in total. The van der Waals surface area contributed by atoms with Gasteiger partial charge in [-0.25, -0.2) is 4.79 Å². The van der Waals surface area contributed by atoms with Gasteiger partial charge in [-0.2, -0.15) is 0 Å². The molecule has 2 amide bonds. The van der Waals surface area contributed by atoms with Gasteiger partial charge in [-0.1, -0.05) is 31.0 Å². The number of benzene rings is 2. The van der Waals surface area contributed by atoms with Crippen LogP contribution in [0.5, 0.6) is 5.75 Å². The van der Waals surface area contributed by atoms with Crippen LogP contribution in [0.1, 0.15) is 49.4 Å². The van der Waals surface area contributed by atoms with Crippen LogP contribution in [0.2, 0.25) is 0 Å². The molecule has 30 heavy (non-hydrogen) atoms. The van der Waals surface area contributed by atoms with Crippen molar-refractivity contribution in [1.82, 2.24) is 4.90 Å². The third-order valence-electron chi connectivity index (χ3n) is 6.01. The third-order valence-corrected chi connectivity index (χ3v) is 6.01. The van der Waals surface area contributed by atoms with Gasteiger partial charge in [0.2, 0.25) is 5.91 Å². The molecule has 4 rings (SSSR count). The molecule has 3 atom stereocenters. The van der Waals surface area contributed by atoms with Crippen molar-refractivity contribution in [2.45, 2.75) is 51.1 Å². The molecular formula is C24H26N2O4. The van der Waals surface area contributed by atoms with E-state index >= 15 is 0 Å². The molecule has 1 saturated carbocycles. The number of esters is 1. The van der Waals surface area contributed by atoms with Crippen molar-refractivity contribution in [2.75, 3.05) is 5.32 Å². The first-order chi connectivity index (χ1) is 14.5. The molecule has 0 aromatic heterocycles. The van der Waals surface area contributed by atoms with Gasteiger partial charge in [0.05, 0.1) is 0 Å². The molecule has 2 aromatic rings. The van der Waals surface area contributed by atoms with E-state index in [1.807, 2.05) is 18.2 Å². The zero-order chi connectivity index (χ0) is 21.1. The summed E-state index contributed by atoms with van der Waals surface area (Å²) in [6, 6.07) is 15.3. The summed E-state index contributed by atoms with van der Waals surface area (Å²) in [6.45, 7) is 1.44. The minimum atomic E-state index is -0.583. The second-order valence-corrected chi connectivity index (χ2v) is 8.07. The smallest absolute Gasteiger partial charge is 0.334 e. The molecule has 2 aromatic carbocycles. The molecule has 0 radical (unpaired) electrons. The second kappa shape index (κ2) is 8.69. The largest absolute Gasteiger partial charge is 0.425 e. The number of ether oxygens (including phenoxy) is 1. The van der Waals surface area contributed by atoms with Crippen molar-refractivity contribution in [3.63, 3.8) is 0 Å². The van der Waals surface area contributed by atoms with E-state index in [1.165, 1.54) is 6.92 Å². The number of carbonyl (C=O) groups excluding carboxylic acids is 3. The van der Waals surface area contributed by atoms with Crippen LogP contribution in [0, 0.1) is 5.92 Å². The number of carbonyl (C=O) groups is 3. The number of nitrogens with one attached hydrogen (secondary N) is 1. The van der Waals surface area contributed by atoms with Crippen LogP contribution in [-0.2, 0) is 9.59 Å². The molecule has 0 spiro atoms. The Morgan fingerprint density at radius 2 is 1.67 bits per heavy atom. The highest BCUT2D eigenvalue weighted by atomic mass is 16.5. The number of anilines is 1. The molecule has 1 N–H and O–H groups in total. The van der Waals surface area contributed by atoms with Gasteiger partial charge in [0.1, 0.15) is 11.8 Å². The van der Waals surface area contributed by atoms with Crippen LogP contribution in [-0.4, -0.2) is 34.8 Å². The summed E-state index contributed by atoms with van der Waals surface area (Å²) in [5.74, 6) is 0.0690. The average molecular weight is 406 g/mol. The van der Waals surface area contributed by atoms with Gasteiger partial charge in [0.25, 0.3) is 5.91 Å². The average Bonchev–Trinajstić information content (AvgIpc) is 3.14. The van der Waals surface area contributed by atoms with Crippen molar-refractivity contribution < 1.29 is 19.1 Å². The molecule has 1 aliphatic heterocycles. The van der Waals surface area contributed by atoms with E-state index in [0.29, 0.717) is 29.3 Å². The fourth-order valence-electron chi connectivity index (χ4n) is 4.69. The quantitative estimate of drug-likeness (QED) is 0.615. The van der Waals surface area contributed by atoms with E-state index in [0.717, 1.165) is 25.7 Å². The zero-order valence-electron chi connectivity index (χ0n) is 17.0. The number of hydrogen-bond acceptors (Lipinski definition) is 4. The monoisotopic (exact) mass is 406 g/mol. The summed E-state index contributed by atoms with van der Waals surface area (Å²) in [7, 11) is 0. The van der Waals surface area contributed by atoms with Gasteiger partial charge in [-0.05, 0) is 61.6 Å². The maximum absolute atomic E-state index is 13.3. The van der Waals surface area contributed by atoms with Crippen LogP contribution in [0.3, 0.4) is 0 Å². The number of hydrogen-bond donors (Lipinski definition) is 1. The van der Waals surface area contributed by atoms with Gasteiger partial charge in [-0.3, -0.25) is 9.59 Å². The summed E-state index contributed by atoms with van der Waals surface area (Å²) in [5.41, 5.74) is 1.23. The van der Waals surface area contributed by atoms with Crippen molar-refractivity contribution in [3.8, 4) is 5.75 Å². The molecule has 0 bridgehead atoms. The van der Waals surface area contributed by atoms with Crippen molar-refractivity contribution >= 4 is 23.5 Å². The SMILES string of the molecule is CC(=O)Nc1ccc(OC(=O)C2CC3CCCCC3N2C(=O)c2ccccc2)cc1. The number of fused-ring (bicyclic) bond motifs is 1. The van der Waals surface area contributed by atoms with Crippen molar-refractivity contribution in [2.24, 2.45) is 5.92 Å². The van der Waals surface area contributed by atoms with E-state index in [9.17, 15) is 14.4 Å². The third kappa shape index (κ3) is 4.22. The van der Waals surface area contributed by atoms with E-state index in [1.54, 1.807) is 41.3 Å². The molecule has 3 unspecified atom stereocenters. The van der Waals surface area contributed by atoms with Crippen molar-refractivity contribution in [3.05, 3.63) is 60.2 Å². The highest BCUT2D eigenvalue weighted by Crippen LogP contribution is 2.41. The Morgan fingerprint density at radius 3 is 2.37 bits per heavy atom. The van der Waals surface area contributed by atoms with Crippen LogP contribution in [0.15, 0.2) is 54.6 Å². The minimum Gasteiger partial charge on any atom is -0.425 e. The summed E-state index contributed by atoms with van der Waals surface area (Å²) in [5, 5.41) is 2.68. The summed E-state index contributed by atoms with van der Waals surface area (Å²) in [4.78, 5) is 39.3. The first-order valence-corrected chi connectivity index (χ1v) is 10.5. The number of nitrogens with zero attached hydrogens (tertiary/aromatic N) is 1. The Kier molecular flexibility index (Phi) is 5.84. The Balaban J connectivity index is 1.53. The van der Waals surface area contributed by atoms with Crippen LogP contribution in [0.25, 0.3) is 0 Å².